The number of rotatable bonds is 7. The van der Waals surface area contributed by atoms with Gasteiger partial charge in [0.05, 0.1) is 7.11 Å². The van der Waals surface area contributed by atoms with Crippen molar-refractivity contribution in [1.82, 2.24) is 15.5 Å². The molecule has 1 aromatic heterocycles. The van der Waals surface area contributed by atoms with Gasteiger partial charge in [0.2, 0.25) is 5.89 Å². The standard InChI is InChI=1S/C22H23FN4O3S/c1-29-19-8-7-16(14-17(19)23)20(28)24-18(13-15-5-3-2-4-6-15)21-25-26-22(30-21)27-9-11-31-12-10-27/h2-8,14,18H,9-13H2,1H3,(H,24,28)/t18-/m1/s1. The Labute approximate surface area is 184 Å². The summed E-state index contributed by atoms with van der Waals surface area (Å²) in [5, 5.41) is 11.3. The maximum absolute atomic E-state index is 14.1. The van der Waals surface area contributed by atoms with Crippen LogP contribution in [0.5, 0.6) is 5.75 Å². The number of nitrogens with zero attached hydrogens (tertiary/aromatic N) is 3. The minimum Gasteiger partial charge on any atom is -0.494 e. The zero-order chi connectivity index (χ0) is 21.6. The number of anilines is 1. The van der Waals surface area contributed by atoms with E-state index in [0.717, 1.165) is 36.2 Å². The average molecular weight is 443 g/mol. The van der Waals surface area contributed by atoms with Gasteiger partial charge in [-0.3, -0.25) is 4.79 Å². The van der Waals surface area contributed by atoms with Crippen molar-refractivity contribution < 1.29 is 18.3 Å². The molecule has 1 saturated heterocycles. The second-order valence-corrected chi connectivity index (χ2v) is 8.31. The van der Waals surface area contributed by atoms with Gasteiger partial charge in [-0.1, -0.05) is 35.4 Å². The van der Waals surface area contributed by atoms with Crippen LogP contribution < -0.4 is 15.0 Å². The molecule has 1 atom stereocenters. The van der Waals surface area contributed by atoms with E-state index in [-0.39, 0.29) is 11.3 Å². The lowest BCUT2D eigenvalue weighted by Crippen LogP contribution is -2.32. The highest BCUT2D eigenvalue weighted by Crippen LogP contribution is 2.24. The van der Waals surface area contributed by atoms with E-state index in [0.29, 0.717) is 18.3 Å². The molecule has 1 amide bonds. The van der Waals surface area contributed by atoms with Gasteiger partial charge in [0.15, 0.2) is 11.6 Å². The molecule has 0 bridgehead atoms. The zero-order valence-corrected chi connectivity index (χ0v) is 17.9. The normalized spacial score (nSPS) is 14.8. The maximum atomic E-state index is 14.1. The van der Waals surface area contributed by atoms with Gasteiger partial charge < -0.3 is 19.4 Å². The molecule has 1 fully saturated rings. The molecule has 0 unspecified atom stereocenters. The van der Waals surface area contributed by atoms with Gasteiger partial charge in [0, 0.05) is 36.6 Å². The Morgan fingerprint density at radius 2 is 2.00 bits per heavy atom. The number of aromatic nitrogens is 2. The lowest BCUT2D eigenvalue weighted by atomic mass is 10.1. The van der Waals surface area contributed by atoms with E-state index >= 15 is 0 Å². The number of carbonyl (C=O) groups excluding carboxylic acids is 1. The van der Waals surface area contributed by atoms with Crippen LogP contribution >= 0.6 is 11.8 Å². The fourth-order valence-corrected chi connectivity index (χ4v) is 4.25. The molecule has 2 heterocycles. The van der Waals surface area contributed by atoms with Crippen LogP contribution in [0.4, 0.5) is 10.4 Å². The first-order valence-corrected chi connectivity index (χ1v) is 11.1. The molecule has 1 N–H and O–H groups in total. The van der Waals surface area contributed by atoms with E-state index in [9.17, 15) is 9.18 Å². The van der Waals surface area contributed by atoms with Gasteiger partial charge in [0.1, 0.15) is 6.04 Å². The lowest BCUT2D eigenvalue weighted by Gasteiger charge is -2.24. The summed E-state index contributed by atoms with van der Waals surface area (Å²) in [6.07, 6.45) is 0.461. The van der Waals surface area contributed by atoms with Crippen LogP contribution in [0.2, 0.25) is 0 Å². The molecule has 0 saturated carbocycles. The van der Waals surface area contributed by atoms with Gasteiger partial charge in [-0.15, -0.1) is 5.10 Å². The van der Waals surface area contributed by atoms with Crippen LogP contribution in [-0.2, 0) is 6.42 Å². The molecule has 4 rings (SSSR count). The van der Waals surface area contributed by atoms with Crippen molar-refractivity contribution in [2.45, 2.75) is 12.5 Å². The highest BCUT2D eigenvalue weighted by atomic mass is 32.2. The Balaban J connectivity index is 1.56. The van der Waals surface area contributed by atoms with Gasteiger partial charge in [-0.05, 0) is 23.8 Å². The van der Waals surface area contributed by atoms with E-state index in [2.05, 4.69) is 15.5 Å². The average Bonchev–Trinajstić information content (AvgIpc) is 3.30. The summed E-state index contributed by atoms with van der Waals surface area (Å²) >= 11 is 1.89. The van der Waals surface area contributed by atoms with E-state index in [1.54, 1.807) is 0 Å². The monoisotopic (exact) mass is 442 g/mol. The highest BCUT2D eigenvalue weighted by Gasteiger charge is 2.25. The Morgan fingerprint density at radius 3 is 2.71 bits per heavy atom. The molecule has 1 aliphatic rings. The lowest BCUT2D eigenvalue weighted by molar-refractivity contribution is 0.0929. The van der Waals surface area contributed by atoms with E-state index < -0.39 is 17.8 Å². The number of thioether (sulfide) groups is 1. The van der Waals surface area contributed by atoms with Gasteiger partial charge in [-0.25, -0.2) is 4.39 Å². The molecular weight excluding hydrogens is 419 g/mol. The Bertz CT molecular complexity index is 1020. The Kier molecular flexibility index (Phi) is 6.71. The van der Waals surface area contributed by atoms with Crippen molar-refractivity contribution in [1.29, 1.82) is 0 Å². The summed E-state index contributed by atoms with van der Waals surface area (Å²) in [7, 11) is 1.38. The second kappa shape index (κ2) is 9.82. The van der Waals surface area contributed by atoms with Crippen LogP contribution in [0.1, 0.15) is 27.9 Å². The van der Waals surface area contributed by atoms with Crippen molar-refractivity contribution in [2.24, 2.45) is 0 Å². The van der Waals surface area contributed by atoms with Gasteiger partial charge in [0.25, 0.3) is 5.91 Å². The molecule has 31 heavy (non-hydrogen) atoms. The second-order valence-electron chi connectivity index (χ2n) is 7.09. The van der Waals surface area contributed by atoms with Crippen LogP contribution in [0.15, 0.2) is 52.9 Å². The molecule has 162 valence electrons. The highest BCUT2D eigenvalue weighted by molar-refractivity contribution is 7.99. The molecule has 0 radical (unpaired) electrons. The Hall–Kier alpha value is -3.07. The van der Waals surface area contributed by atoms with Crippen molar-refractivity contribution >= 4 is 23.7 Å². The van der Waals surface area contributed by atoms with Crippen molar-refractivity contribution in [3.63, 3.8) is 0 Å². The molecule has 1 aliphatic heterocycles. The van der Waals surface area contributed by atoms with Crippen molar-refractivity contribution in [2.75, 3.05) is 36.6 Å². The van der Waals surface area contributed by atoms with Crippen LogP contribution in [0.25, 0.3) is 0 Å². The fraction of sp³-hybridized carbons (Fsp3) is 0.318. The fourth-order valence-electron chi connectivity index (χ4n) is 3.35. The topological polar surface area (TPSA) is 80.5 Å². The van der Waals surface area contributed by atoms with Crippen molar-refractivity contribution in [3.05, 3.63) is 71.4 Å². The third-order valence-electron chi connectivity index (χ3n) is 5.01. The molecular formula is C22H23FN4O3S. The number of hydrogen-bond acceptors (Lipinski definition) is 7. The van der Waals surface area contributed by atoms with Gasteiger partial charge in [-0.2, -0.15) is 11.8 Å². The summed E-state index contributed by atoms with van der Waals surface area (Å²) in [6, 6.07) is 13.7. The number of carbonyl (C=O) groups is 1. The third kappa shape index (κ3) is 5.16. The van der Waals surface area contributed by atoms with Crippen molar-refractivity contribution in [3.8, 4) is 5.75 Å². The summed E-state index contributed by atoms with van der Waals surface area (Å²) in [5.74, 6) is 1.38. The number of benzene rings is 2. The molecule has 7 nitrogen and oxygen atoms in total. The van der Waals surface area contributed by atoms with Crippen LogP contribution in [-0.4, -0.2) is 47.8 Å². The maximum Gasteiger partial charge on any atom is 0.318 e. The summed E-state index contributed by atoms with van der Waals surface area (Å²) in [4.78, 5) is 14.9. The van der Waals surface area contributed by atoms with Gasteiger partial charge >= 0.3 is 6.01 Å². The van der Waals surface area contributed by atoms with E-state index in [1.807, 2.05) is 47.0 Å². The predicted molar refractivity (Wildman–Crippen MR) is 117 cm³/mol. The summed E-state index contributed by atoms with van der Waals surface area (Å²) in [6.45, 7) is 1.68. The smallest absolute Gasteiger partial charge is 0.318 e. The SMILES string of the molecule is COc1ccc(C(=O)N[C@H](Cc2ccccc2)c2nnc(N3CCSCC3)o2)cc1F. The first-order chi connectivity index (χ1) is 15.1. The first-order valence-electron chi connectivity index (χ1n) is 9.98. The summed E-state index contributed by atoms with van der Waals surface area (Å²) in [5.41, 5.74) is 1.19. The van der Waals surface area contributed by atoms with E-state index in [4.69, 9.17) is 9.15 Å². The molecule has 2 aromatic carbocycles. The summed E-state index contributed by atoms with van der Waals surface area (Å²) < 4.78 is 24.9. The molecule has 0 spiro atoms. The third-order valence-corrected chi connectivity index (χ3v) is 5.95. The Morgan fingerprint density at radius 1 is 1.23 bits per heavy atom. The minimum atomic E-state index is -0.599. The first kappa shape index (κ1) is 21.2. The number of ether oxygens (including phenoxy) is 1. The largest absolute Gasteiger partial charge is 0.494 e. The number of hydrogen-bond donors (Lipinski definition) is 1. The van der Waals surface area contributed by atoms with Crippen LogP contribution in [0, 0.1) is 5.82 Å². The zero-order valence-electron chi connectivity index (χ0n) is 17.1. The predicted octanol–water partition coefficient (Wildman–Crippen LogP) is 3.48. The number of halogens is 1. The molecule has 9 heteroatoms. The quantitative estimate of drug-likeness (QED) is 0.600. The molecule has 3 aromatic rings. The van der Waals surface area contributed by atoms with E-state index in [1.165, 1.54) is 19.2 Å². The number of methoxy groups -OCH3 is 1. The minimum absolute atomic E-state index is 0.0821. The number of amides is 1. The number of nitrogens with one attached hydrogen (secondary N) is 1. The molecule has 0 aliphatic carbocycles. The van der Waals surface area contributed by atoms with Crippen LogP contribution in [0.3, 0.4) is 0 Å².